The van der Waals surface area contributed by atoms with Crippen LogP contribution in [0.3, 0.4) is 0 Å². The van der Waals surface area contributed by atoms with Crippen LogP contribution in [0.15, 0.2) is 0 Å². The van der Waals surface area contributed by atoms with Crippen molar-refractivity contribution in [1.82, 2.24) is 9.80 Å². The second-order valence-corrected chi connectivity index (χ2v) is 5.79. The highest BCUT2D eigenvalue weighted by Gasteiger charge is 2.22. The molecule has 1 rings (SSSR count). The van der Waals surface area contributed by atoms with Crippen molar-refractivity contribution in [3.63, 3.8) is 0 Å². The fraction of sp³-hybridized carbons (Fsp3) is 0.929. The number of rotatable bonds is 6. The molecule has 2 atom stereocenters. The molecule has 0 saturated carbocycles. The molecule has 1 heterocycles. The fourth-order valence-electron chi connectivity index (χ4n) is 2.71. The SMILES string of the molecule is CC(N)CC1CCCCN1CCCC(=O)N(C)C. The largest absolute Gasteiger partial charge is 0.349 e. The third kappa shape index (κ3) is 5.36. The van der Waals surface area contributed by atoms with E-state index in [0.717, 1.165) is 19.4 Å². The summed E-state index contributed by atoms with van der Waals surface area (Å²) < 4.78 is 0. The fourth-order valence-corrected chi connectivity index (χ4v) is 2.71. The van der Waals surface area contributed by atoms with E-state index in [1.54, 1.807) is 4.90 Å². The van der Waals surface area contributed by atoms with Crippen molar-refractivity contribution in [3.05, 3.63) is 0 Å². The van der Waals surface area contributed by atoms with Crippen LogP contribution < -0.4 is 5.73 Å². The Morgan fingerprint density at radius 2 is 2.17 bits per heavy atom. The first-order chi connectivity index (χ1) is 8.50. The minimum atomic E-state index is 0.232. The van der Waals surface area contributed by atoms with E-state index in [1.165, 1.54) is 25.8 Å². The molecule has 0 bridgehead atoms. The summed E-state index contributed by atoms with van der Waals surface area (Å²) in [5, 5.41) is 0. The normalized spacial score (nSPS) is 22.8. The first-order valence-corrected chi connectivity index (χ1v) is 7.20. The van der Waals surface area contributed by atoms with E-state index in [9.17, 15) is 4.79 Å². The van der Waals surface area contributed by atoms with Gasteiger partial charge in [-0.15, -0.1) is 0 Å². The van der Waals surface area contributed by atoms with Crippen LogP contribution in [0.25, 0.3) is 0 Å². The Hall–Kier alpha value is -0.610. The van der Waals surface area contributed by atoms with Crippen molar-refractivity contribution >= 4 is 5.91 Å². The first-order valence-electron chi connectivity index (χ1n) is 7.20. The molecule has 2 N–H and O–H groups in total. The number of nitrogens with zero attached hydrogens (tertiary/aromatic N) is 2. The first kappa shape index (κ1) is 15.4. The number of carbonyl (C=O) groups excluding carboxylic acids is 1. The van der Waals surface area contributed by atoms with E-state index >= 15 is 0 Å². The molecule has 0 aromatic carbocycles. The van der Waals surface area contributed by atoms with Gasteiger partial charge >= 0.3 is 0 Å². The second kappa shape index (κ2) is 7.74. The lowest BCUT2D eigenvalue weighted by molar-refractivity contribution is -0.128. The third-order valence-corrected chi connectivity index (χ3v) is 3.73. The standard InChI is InChI=1S/C14H29N3O/c1-12(15)11-13-7-4-5-9-17(13)10-6-8-14(18)16(2)3/h12-13H,4-11,15H2,1-3H3. The van der Waals surface area contributed by atoms with Gasteiger partial charge in [-0.1, -0.05) is 6.42 Å². The van der Waals surface area contributed by atoms with Gasteiger partial charge in [-0.2, -0.15) is 0 Å². The van der Waals surface area contributed by atoms with Gasteiger partial charge in [-0.25, -0.2) is 0 Å². The van der Waals surface area contributed by atoms with Crippen molar-refractivity contribution in [2.24, 2.45) is 5.73 Å². The lowest BCUT2D eigenvalue weighted by Crippen LogP contribution is -2.43. The topological polar surface area (TPSA) is 49.6 Å². The van der Waals surface area contributed by atoms with E-state index in [1.807, 2.05) is 14.1 Å². The molecule has 0 spiro atoms. The van der Waals surface area contributed by atoms with Gasteiger partial charge in [0.25, 0.3) is 0 Å². The molecule has 1 saturated heterocycles. The summed E-state index contributed by atoms with van der Waals surface area (Å²) in [7, 11) is 3.64. The van der Waals surface area contributed by atoms with Crippen molar-refractivity contribution in [3.8, 4) is 0 Å². The molecule has 0 aliphatic carbocycles. The van der Waals surface area contributed by atoms with E-state index in [4.69, 9.17) is 5.73 Å². The van der Waals surface area contributed by atoms with Gasteiger partial charge in [0.2, 0.25) is 5.91 Å². The molecule has 106 valence electrons. The number of nitrogens with two attached hydrogens (primary N) is 1. The van der Waals surface area contributed by atoms with Crippen LogP contribution in [0.5, 0.6) is 0 Å². The summed E-state index contributed by atoms with van der Waals surface area (Å²) >= 11 is 0. The van der Waals surface area contributed by atoms with Crippen LogP contribution in [0.1, 0.15) is 45.4 Å². The molecule has 4 heteroatoms. The molecular weight excluding hydrogens is 226 g/mol. The van der Waals surface area contributed by atoms with Crippen LogP contribution in [0.4, 0.5) is 0 Å². The summed E-state index contributed by atoms with van der Waals surface area (Å²) in [4.78, 5) is 15.7. The zero-order valence-corrected chi connectivity index (χ0v) is 12.2. The predicted octanol–water partition coefficient (Wildman–Crippen LogP) is 1.45. The zero-order chi connectivity index (χ0) is 13.5. The summed E-state index contributed by atoms with van der Waals surface area (Å²) in [6.07, 6.45) is 6.59. The third-order valence-electron chi connectivity index (χ3n) is 3.73. The van der Waals surface area contributed by atoms with Crippen LogP contribution in [0, 0.1) is 0 Å². The molecule has 18 heavy (non-hydrogen) atoms. The summed E-state index contributed by atoms with van der Waals surface area (Å²) in [5.41, 5.74) is 5.91. The molecule has 1 aliphatic rings. The molecule has 4 nitrogen and oxygen atoms in total. The Kier molecular flexibility index (Phi) is 6.65. The maximum absolute atomic E-state index is 11.5. The average molecular weight is 255 g/mol. The highest BCUT2D eigenvalue weighted by molar-refractivity contribution is 5.75. The molecule has 1 fully saturated rings. The minimum absolute atomic E-state index is 0.232. The molecule has 0 radical (unpaired) electrons. The molecule has 1 amide bonds. The number of amides is 1. The van der Waals surface area contributed by atoms with Crippen LogP contribution in [-0.4, -0.2) is 55.0 Å². The second-order valence-electron chi connectivity index (χ2n) is 5.79. The van der Waals surface area contributed by atoms with E-state index in [2.05, 4.69) is 11.8 Å². The van der Waals surface area contributed by atoms with E-state index < -0.39 is 0 Å². The van der Waals surface area contributed by atoms with Gasteiger partial charge in [0, 0.05) is 32.6 Å². The van der Waals surface area contributed by atoms with Gasteiger partial charge in [0.05, 0.1) is 0 Å². The molecule has 0 aromatic rings. The maximum atomic E-state index is 11.5. The van der Waals surface area contributed by atoms with E-state index in [-0.39, 0.29) is 11.9 Å². The van der Waals surface area contributed by atoms with Crippen LogP contribution >= 0.6 is 0 Å². The zero-order valence-electron chi connectivity index (χ0n) is 12.2. The molecular formula is C14H29N3O. The van der Waals surface area contributed by atoms with Gasteiger partial charge < -0.3 is 15.5 Å². The van der Waals surface area contributed by atoms with Crippen molar-refractivity contribution < 1.29 is 4.79 Å². The van der Waals surface area contributed by atoms with E-state index in [0.29, 0.717) is 12.5 Å². The van der Waals surface area contributed by atoms with Crippen LogP contribution in [-0.2, 0) is 4.79 Å². The Morgan fingerprint density at radius 3 is 2.78 bits per heavy atom. The summed E-state index contributed by atoms with van der Waals surface area (Å²) in [6, 6.07) is 0.909. The highest BCUT2D eigenvalue weighted by atomic mass is 16.2. The quantitative estimate of drug-likeness (QED) is 0.781. The Morgan fingerprint density at radius 1 is 1.44 bits per heavy atom. The lowest BCUT2D eigenvalue weighted by atomic mass is 9.96. The molecule has 1 aliphatic heterocycles. The minimum Gasteiger partial charge on any atom is -0.349 e. The lowest BCUT2D eigenvalue weighted by Gasteiger charge is -2.36. The number of likely N-dealkylation sites (tertiary alicyclic amines) is 1. The monoisotopic (exact) mass is 255 g/mol. The average Bonchev–Trinajstić information content (AvgIpc) is 2.30. The Labute approximate surface area is 111 Å². The maximum Gasteiger partial charge on any atom is 0.222 e. The molecule has 0 aromatic heterocycles. The van der Waals surface area contributed by atoms with Crippen molar-refractivity contribution in [1.29, 1.82) is 0 Å². The van der Waals surface area contributed by atoms with Crippen molar-refractivity contribution in [2.75, 3.05) is 27.2 Å². The van der Waals surface area contributed by atoms with Gasteiger partial charge in [0.1, 0.15) is 0 Å². The number of piperidine rings is 1. The van der Waals surface area contributed by atoms with Crippen LogP contribution in [0.2, 0.25) is 0 Å². The van der Waals surface area contributed by atoms with Gasteiger partial charge in [0.15, 0.2) is 0 Å². The predicted molar refractivity (Wildman–Crippen MR) is 75.4 cm³/mol. The summed E-state index contributed by atoms with van der Waals surface area (Å²) in [6.45, 7) is 4.30. The Bertz CT molecular complexity index is 253. The number of hydrogen-bond donors (Lipinski definition) is 1. The number of carbonyl (C=O) groups is 1. The van der Waals surface area contributed by atoms with Crippen molar-refractivity contribution in [2.45, 2.75) is 57.5 Å². The van der Waals surface area contributed by atoms with Gasteiger partial charge in [-0.3, -0.25) is 4.79 Å². The van der Waals surface area contributed by atoms with Gasteiger partial charge in [-0.05, 0) is 45.7 Å². The smallest absolute Gasteiger partial charge is 0.222 e. The summed E-state index contributed by atoms with van der Waals surface area (Å²) in [5.74, 6) is 0.232. The Balaban J connectivity index is 2.31. The molecule has 2 unspecified atom stereocenters. The number of hydrogen-bond acceptors (Lipinski definition) is 3. The highest BCUT2D eigenvalue weighted by Crippen LogP contribution is 2.20.